The smallest absolute Gasteiger partial charge is 0.238 e. The minimum Gasteiger partial charge on any atom is -0.324 e. The van der Waals surface area contributed by atoms with E-state index < -0.39 is 0 Å². The summed E-state index contributed by atoms with van der Waals surface area (Å²) in [5.74, 6) is 2.09. The number of rotatable bonds is 4. The zero-order valence-electron chi connectivity index (χ0n) is 8.96. The number of nitriles is 1. The molecule has 0 heterocycles. The number of terminal acetylenes is 1. The van der Waals surface area contributed by atoms with E-state index in [1.165, 1.54) is 6.07 Å². The van der Waals surface area contributed by atoms with Gasteiger partial charge in [-0.2, -0.15) is 5.26 Å². The molecule has 0 unspecified atom stereocenters. The molecule has 0 radical (unpaired) electrons. The summed E-state index contributed by atoms with van der Waals surface area (Å²) in [5, 5.41) is 14.4. The average Bonchev–Trinajstić information content (AvgIpc) is 2.32. The summed E-state index contributed by atoms with van der Waals surface area (Å²) in [6.07, 6.45) is 5.03. The van der Waals surface area contributed by atoms with Crippen LogP contribution in [0.3, 0.4) is 0 Å². The highest BCUT2D eigenvalue weighted by Crippen LogP contribution is 2.22. The molecule has 1 aromatic rings. The van der Waals surface area contributed by atoms with Gasteiger partial charge in [0, 0.05) is 0 Å². The van der Waals surface area contributed by atoms with Crippen LogP contribution in [0.25, 0.3) is 0 Å². The number of anilines is 1. The molecule has 17 heavy (non-hydrogen) atoms. The van der Waals surface area contributed by atoms with Gasteiger partial charge in [0.2, 0.25) is 5.91 Å². The number of hydrogen-bond donors (Lipinski definition) is 2. The molecule has 0 spiro atoms. The molecule has 4 nitrogen and oxygen atoms in total. The Labute approximate surface area is 105 Å². The summed E-state index contributed by atoms with van der Waals surface area (Å²) >= 11 is 5.88. The molecule has 0 saturated heterocycles. The van der Waals surface area contributed by atoms with Crippen LogP contribution in [0.2, 0.25) is 5.02 Å². The number of carbonyl (C=O) groups is 1. The van der Waals surface area contributed by atoms with Crippen molar-refractivity contribution in [2.75, 3.05) is 18.4 Å². The minimum absolute atomic E-state index is 0.0946. The van der Waals surface area contributed by atoms with Crippen LogP contribution in [0, 0.1) is 23.7 Å². The molecule has 0 fully saturated rings. The lowest BCUT2D eigenvalue weighted by atomic mass is 10.2. The Hall–Kier alpha value is -2.01. The first-order valence-electron chi connectivity index (χ1n) is 4.81. The van der Waals surface area contributed by atoms with Crippen molar-refractivity contribution in [2.45, 2.75) is 0 Å². The van der Waals surface area contributed by atoms with Gasteiger partial charge in [-0.25, -0.2) is 0 Å². The van der Waals surface area contributed by atoms with Gasteiger partial charge in [0.1, 0.15) is 0 Å². The zero-order valence-corrected chi connectivity index (χ0v) is 9.71. The highest BCUT2D eigenvalue weighted by molar-refractivity contribution is 6.33. The van der Waals surface area contributed by atoms with Crippen LogP contribution < -0.4 is 10.6 Å². The molecule has 0 bridgehead atoms. The van der Waals surface area contributed by atoms with Crippen LogP contribution in [0.5, 0.6) is 0 Å². The second kappa shape index (κ2) is 6.55. The molecule has 1 aromatic carbocycles. The SMILES string of the molecule is C#CCNCC(=O)Nc1cc(C#N)ccc1Cl. The van der Waals surface area contributed by atoms with E-state index in [1.54, 1.807) is 12.1 Å². The molecule has 0 aliphatic rings. The fraction of sp³-hybridized carbons (Fsp3) is 0.167. The highest BCUT2D eigenvalue weighted by atomic mass is 35.5. The zero-order chi connectivity index (χ0) is 12.7. The average molecular weight is 248 g/mol. The molecule has 86 valence electrons. The Morgan fingerprint density at radius 2 is 2.29 bits per heavy atom. The highest BCUT2D eigenvalue weighted by Gasteiger charge is 2.06. The number of nitrogens with one attached hydrogen (secondary N) is 2. The second-order valence-electron chi connectivity index (χ2n) is 3.16. The molecular formula is C12H10ClN3O. The maximum Gasteiger partial charge on any atom is 0.238 e. The van der Waals surface area contributed by atoms with Crippen molar-refractivity contribution >= 4 is 23.2 Å². The Morgan fingerprint density at radius 1 is 1.53 bits per heavy atom. The predicted octanol–water partition coefficient (Wildman–Crippen LogP) is 1.37. The van der Waals surface area contributed by atoms with E-state index in [4.69, 9.17) is 23.3 Å². The molecule has 0 saturated carbocycles. The first-order valence-corrected chi connectivity index (χ1v) is 5.19. The van der Waals surface area contributed by atoms with Crippen molar-refractivity contribution in [3.05, 3.63) is 28.8 Å². The van der Waals surface area contributed by atoms with E-state index in [0.29, 0.717) is 22.8 Å². The molecule has 0 aliphatic carbocycles. The maximum absolute atomic E-state index is 11.5. The number of halogens is 1. The second-order valence-corrected chi connectivity index (χ2v) is 3.57. The predicted molar refractivity (Wildman–Crippen MR) is 66.5 cm³/mol. The molecule has 0 aromatic heterocycles. The van der Waals surface area contributed by atoms with Gasteiger partial charge >= 0.3 is 0 Å². The van der Waals surface area contributed by atoms with Crippen molar-refractivity contribution in [3.63, 3.8) is 0 Å². The fourth-order valence-corrected chi connectivity index (χ4v) is 1.30. The standard InChI is InChI=1S/C12H10ClN3O/c1-2-5-15-8-12(17)16-11-6-9(7-14)3-4-10(11)13/h1,3-4,6,15H,5,8H2,(H,16,17). The van der Waals surface area contributed by atoms with E-state index >= 15 is 0 Å². The lowest BCUT2D eigenvalue weighted by molar-refractivity contribution is -0.115. The summed E-state index contributed by atoms with van der Waals surface area (Å²) in [5.41, 5.74) is 0.847. The van der Waals surface area contributed by atoms with E-state index in [9.17, 15) is 4.79 Å². The summed E-state index contributed by atoms with van der Waals surface area (Å²) in [6.45, 7) is 0.413. The number of nitrogens with zero attached hydrogens (tertiary/aromatic N) is 1. The van der Waals surface area contributed by atoms with E-state index in [0.717, 1.165) is 0 Å². The third-order valence-corrected chi connectivity index (χ3v) is 2.21. The summed E-state index contributed by atoms with van der Waals surface area (Å²) in [4.78, 5) is 11.5. The molecular weight excluding hydrogens is 238 g/mol. The number of amides is 1. The van der Waals surface area contributed by atoms with Crippen molar-refractivity contribution in [2.24, 2.45) is 0 Å². The van der Waals surface area contributed by atoms with Crippen molar-refractivity contribution < 1.29 is 4.79 Å². The topological polar surface area (TPSA) is 64.9 Å². The summed E-state index contributed by atoms with van der Waals surface area (Å²) < 4.78 is 0. The van der Waals surface area contributed by atoms with E-state index in [1.807, 2.05) is 6.07 Å². The summed E-state index contributed by atoms with van der Waals surface area (Å²) in [6, 6.07) is 6.62. The van der Waals surface area contributed by atoms with Crippen LogP contribution in [-0.4, -0.2) is 19.0 Å². The lowest BCUT2D eigenvalue weighted by Gasteiger charge is -2.07. The van der Waals surface area contributed by atoms with Gasteiger partial charge in [0.25, 0.3) is 0 Å². The molecule has 0 atom stereocenters. The van der Waals surface area contributed by atoms with Gasteiger partial charge in [-0.3, -0.25) is 10.1 Å². The van der Waals surface area contributed by atoms with Crippen LogP contribution in [0.4, 0.5) is 5.69 Å². The largest absolute Gasteiger partial charge is 0.324 e. The number of benzene rings is 1. The van der Waals surface area contributed by atoms with Crippen molar-refractivity contribution in [1.29, 1.82) is 5.26 Å². The Bertz CT molecular complexity index is 499. The van der Waals surface area contributed by atoms with Crippen molar-refractivity contribution in [1.82, 2.24) is 5.32 Å². The molecule has 0 aliphatic heterocycles. The Kier molecular flexibility index (Phi) is 5.03. The van der Waals surface area contributed by atoms with Crippen LogP contribution in [0.15, 0.2) is 18.2 Å². The summed E-state index contributed by atoms with van der Waals surface area (Å²) in [7, 11) is 0. The van der Waals surface area contributed by atoms with Crippen LogP contribution in [-0.2, 0) is 4.79 Å². The van der Waals surface area contributed by atoms with Gasteiger partial charge < -0.3 is 5.32 Å². The van der Waals surface area contributed by atoms with Gasteiger partial charge in [-0.05, 0) is 18.2 Å². The van der Waals surface area contributed by atoms with Gasteiger partial charge in [0.05, 0.1) is 35.4 Å². The molecule has 1 amide bonds. The molecule has 1 rings (SSSR count). The van der Waals surface area contributed by atoms with Crippen LogP contribution in [0.1, 0.15) is 5.56 Å². The normalized spacial score (nSPS) is 9.12. The lowest BCUT2D eigenvalue weighted by Crippen LogP contribution is -2.28. The number of hydrogen-bond acceptors (Lipinski definition) is 3. The van der Waals surface area contributed by atoms with Gasteiger partial charge in [0.15, 0.2) is 0 Å². The third-order valence-electron chi connectivity index (χ3n) is 1.88. The minimum atomic E-state index is -0.266. The van der Waals surface area contributed by atoms with Crippen molar-refractivity contribution in [3.8, 4) is 18.4 Å². The quantitative estimate of drug-likeness (QED) is 0.624. The monoisotopic (exact) mass is 247 g/mol. The van der Waals surface area contributed by atoms with Gasteiger partial charge in [-0.1, -0.05) is 17.5 Å². The fourth-order valence-electron chi connectivity index (χ4n) is 1.13. The van der Waals surface area contributed by atoms with E-state index in [2.05, 4.69) is 16.6 Å². The molecule has 2 N–H and O–H groups in total. The van der Waals surface area contributed by atoms with Crippen LogP contribution >= 0.6 is 11.6 Å². The first kappa shape index (κ1) is 13.1. The Morgan fingerprint density at radius 3 is 2.94 bits per heavy atom. The molecule has 5 heteroatoms. The van der Waals surface area contributed by atoms with E-state index in [-0.39, 0.29) is 12.5 Å². The third kappa shape index (κ3) is 4.16. The Balaban J connectivity index is 2.65. The first-order chi connectivity index (χ1) is 8.17. The van der Waals surface area contributed by atoms with Gasteiger partial charge in [-0.15, -0.1) is 6.42 Å². The maximum atomic E-state index is 11.5. The number of carbonyl (C=O) groups excluding carboxylic acids is 1.